The number of rotatable bonds is 3. The summed E-state index contributed by atoms with van der Waals surface area (Å²) in [5.41, 5.74) is 9.32. The van der Waals surface area contributed by atoms with Crippen molar-refractivity contribution >= 4 is 10.9 Å². The van der Waals surface area contributed by atoms with E-state index in [1.165, 1.54) is 0 Å². The average molecular weight is 323 g/mol. The number of nitrogens with two attached hydrogens (primary N) is 1. The topological polar surface area (TPSA) is 70.1 Å². The molecule has 5 heteroatoms. The van der Waals surface area contributed by atoms with Gasteiger partial charge >= 0.3 is 0 Å². The number of methoxy groups -OCH3 is 1. The highest BCUT2D eigenvalue weighted by Gasteiger charge is 2.17. The van der Waals surface area contributed by atoms with Crippen LogP contribution in [-0.4, -0.2) is 16.7 Å². The summed E-state index contributed by atoms with van der Waals surface area (Å²) in [6.45, 7) is 3.86. The second-order valence-electron chi connectivity index (χ2n) is 6.04. The van der Waals surface area contributed by atoms with Gasteiger partial charge in [-0.25, -0.2) is 4.98 Å². The molecule has 0 aliphatic rings. The minimum absolute atomic E-state index is 0.0912. The summed E-state index contributed by atoms with van der Waals surface area (Å²) in [5, 5.41) is 0.587. The molecule has 0 bridgehead atoms. The quantitative estimate of drug-likeness (QED) is 0.804. The molecule has 0 spiro atoms. The number of para-hydroxylation sites is 1. The average Bonchev–Trinajstić information content (AvgIpc) is 2.57. The smallest absolute Gasteiger partial charge is 0.261 e. The molecule has 124 valence electrons. The highest BCUT2D eigenvalue weighted by atomic mass is 16.5. The van der Waals surface area contributed by atoms with Crippen LogP contribution in [0.2, 0.25) is 0 Å². The molecule has 2 N–H and O–H groups in total. The lowest BCUT2D eigenvalue weighted by Gasteiger charge is -2.16. The summed E-state index contributed by atoms with van der Waals surface area (Å²) in [5.74, 6) is 1.24. The van der Waals surface area contributed by atoms with Crippen molar-refractivity contribution in [2.75, 3.05) is 7.11 Å². The SMILES string of the molecule is COc1ccccc1-c1nc2c([C@@H](C)N)cc(C)cc2c(=O)n1C. The fourth-order valence-corrected chi connectivity index (χ4v) is 2.97. The van der Waals surface area contributed by atoms with Crippen molar-refractivity contribution in [3.63, 3.8) is 0 Å². The number of nitrogens with zero attached hydrogens (tertiary/aromatic N) is 2. The van der Waals surface area contributed by atoms with Gasteiger partial charge in [0, 0.05) is 13.1 Å². The molecule has 3 rings (SSSR count). The minimum Gasteiger partial charge on any atom is -0.496 e. The van der Waals surface area contributed by atoms with E-state index in [1.54, 1.807) is 18.7 Å². The van der Waals surface area contributed by atoms with Crippen LogP contribution < -0.4 is 16.0 Å². The second kappa shape index (κ2) is 6.09. The number of ether oxygens (including phenoxy) is 1. The fraction of sp³-hybridized carbons (Fsp3) is 0.263. The minimum atomic E-state index is -0.211. The van der Waals surface area contributed by atoms with Crippen LogP contribution in [0.5, 0.6) is 5.75 Å². The van der Waals surface area contributed by atoms with E-state index in [0.717, 1.165) is 16.7 Å². The van der Waals surface area contributed by atoms with Crippen molar-refractivity contribution in [2.45, 2.75) is 19.9 Å². The third-order valence-corrected chi connectivity index (χ3v) is 4.19. The molecule has 24 heavy (non-hydrogen) atoms. The highest BCUT2D eigenvalue weighted by molar-refractivity contribution is 5.84. The third-order valence-electron chi connectivity index (χ3n) is 4.19. The third kappa shape index (κ3) is 2.57. The van der Waals surface area contributed by atoms with Gasteiger partial charge in [0.25, 0.3) is 5.56 Å². The van der Waals surface area contributed by atoms with Crippen molar-refractivity contribution in [1.82, 2.24) is 9.55 Å². The molecule has 0 unspecified atom stereocenters. The number of aryl methyl sites for hydroxylation is 1. The molecule has 0 aliphatic carbocycles. The first-order valence-electron chi connectivity index (χ1n) is 7.84. The zero-order valence-corrected chi connectivity index (χ0v) is 14.3. The van der Waals surface area contributed by atoms with Crippen LogP contribution >= 0.6 is 0 Å². The fourth-order valence-electron chi connectivity index (χ4n) is 2.97. The Morgan fingerprint density at radius 2 is 1.96 bits per heavy atom. The molecular formula is C19H21N3O2. The number of aromatic nitrogens is 2. The van der Waals surface area contributed by atoms with E-state index < -0.39 is 0 Å². The van der Waals surface area contributed by atoms with Crippen molar-refractivity contribution in [1.29, 1.82) is 0 Å². The Labute approximate surface area is 140 Å². The van der Waals surface area contributed by atoms with Gasteiger partial charge in [-0.05, 0) is 43.2 Å². The first-order chi connectivity index (χ1) is 11.4. The Balaban J connectivity index is 2.43. The number of hydrogen-bond acceptors (Lipinski definition) is 4. The standard InChI is InChI=1S/C19H21N3O2/c1-11-9-14(12(2)20)17-15(10-11)19(23)22(3)18(21-17)13-7-5-6-8-16(13)24-4/h5-10,12H,20H2,1-4H3/t12-/m1/s1. The molecular weight excluding hydrogens is 302 g/mol. The maximum Gasteiger partial charge on any atom is 0.261 e. The molecule has 0 saturated heterocycles. The molecule has 0 aliphatic heterocycles. The van der Waals surface area contributed by atoms with E-state index in [2.05, 4.69) is 0 Å². The highest BCUT2D eigenvalue weighted by Crippen LogP contribution is 2.29. The van der Waals surface area contributed by atoms with Crippen LogP contribution in [-0.2, 0) is 7.05 Å². The van der Waals surface area contributed by atoms with Crippen molar-refractivity contribution in [3.8, 4) is 17.1 Å². The van der Waals surface area contributed by atoms with E-state index in [-0.39, 0.29) is 11.6 Å². The van der Waals surface area contributed by atoms with E-state index >= 15 is 0 Å². The summed E-state index contributed by atoms with van der Waals surface area (Å²) >= 11 is 0. The lowest BCUT2D eigenvalue weighted by Crippen LogP contribution is -2.22. The molecule has 0 amide bonds. The normalized spacial score (nSPS) is 12.4. The second-order valence-corrected chi connectivity index (χ2v) is 6.04. The number of hydrogen-bond donors (Lipinski definition) is 1. The van der Waals surface area contributed by atoms with Gasteiger partial charge in [0.1, 0.15) is 11.6 Å². The summed E-state index contributed by atoms with van der Waals surface area (Å²) < 4.78 is 6.98. The Kier molecular flexibility index (Phi) is 4.11. The van der Waals surface area contributed by atoms with Crippen molar-refractivity contribution < 1.29 is 4.74 Å². The van der Waals surface area contributed by atoms with Crippen molar-refractivity contribution in [3.05, 3.63) is 57.9 Å². The monoisotopic (exact) mass is 323 g/mol. The van der Waals surface area contributed by atoms with Gasteiger partial charge in [0.2, 0.25) is 0 Å². The van der Waals surface area contributed by atoms with Gasteiger partial charge in [-0.15, -0.1) is 0 Å². The first-order valence-corrected chi connectivity index (χ1v) is 7.84. The van der Waals surface area contributed by atoms with Gasteiger partial charge in [-0.1, -0.05) is 18.2 Å². The van der Waals surface area contributed by atoms with E-state index in [4.69, 9.17) is 15.5 Å². The van der Waals surface area contributed by atoms with Crippen LogP contribution in [0.3, 0.4) is 0 Å². The van der Waals surface area contributed by atoms with Gasteiger partial charge in [-0.3, -0.25) is 9.36 Å². The number of benzene rings is 2. The number of fused-ring (bicyclic) bond motifs is 1. The molecule has 5 nitrogen and oxygen atoms in total. The Morgan fingerprint density at radius 3 is 2.62 bits per heavy atom. The summed E-state index contributed by atoms with van der Waals surface area (Å²) in [7, 11) is 3.33. The van der Waals surface area contributed by atoms with E-state index in [0.29, 0.717) is 22.5 Å². The van der Waals surface area contributed by atoms with Gasteiger partial charge < -0.3 is 10.5 Å². The molecule has 1 aromatic heterocycles. The van der Waals surface area contributed by atoms with Gasteiger partial charge in [-0.2, -0.15) is 0 Å². The zero-order chi connectivity index (χ0) is 17.4. The van der Waals surface area contributed by atoms with Crippen LogP contribution in [0.25, 0.3) is 22.3 Å². The summed E-state index contributed by atoms with van der Waals surface area (Å²) in [4.78, 5) is 17.7. The summed E-state index contributed by atoms with van der Waals surface area (Å²) in [6.07, 6.45) is 0. The maximum atomic E-state index is 12.9. The molecule has 2 aromatic carbocycles. The largest absolute Gasteiger partial charge is 0.496 e. The predicted molar refractivity (Wildman–Crippen MR) is 96.3 cm³/mol. The molecule has 0 radical (unpaired) electrons. The molecule has 3 aromatic rings. The Bertz CT molecular complexity index is 974. The van der Waals surface area contributed by atoms with Crippen molar-refractivity contribution in [2.24, 2.45) is 12.8 Å². The van der Waals surface area contributed by atoms with E-state index in [1.807, 2.05) is 50.2 Å². The van der Waals surface area contributed by atoms with Gasteiger partial charge in [0.15, 0.2) is 0 Å². The lowest BCUT2D eigenvalue weighted by atomic mass is 10.0. The molecule has 1 heterocycles. The van der Waals surface area contributed by atoms with Crippen LogP contribution in [0.15, 0.2) is 41.2 Å². The van der Waals surface area contributed by atoms with Gasteiger partial charge in [0.05, 0.1) is 23.6 Å². The lowest BCUT2D eigenvalue weighted by molar-refractivity contribution is 0.416. The van der Waals surface area contributed by atoms with Crippen LogP contribution in [0.1, 0.15) is 24.1 Å². The Hall–Kier alpha value is -2.66. The zero-order valence-electron chi connectivity index (χ0n) is 14.3. The van der Waals surface area contributed by atoms with E-state index in [9.17, 15) is 4.79 Å². The maximum absolute atomic E-state index is 12.9. The first kappa shape index (κ1) is 16.2. The van der Waals surface area contributed by atoms with Crippen LogP contribution in [0.4, 0.5) is 0 Å². The van der Waals surface area contributed by atoms with Crippen LogP contribution in [0, 0.1) is 6.92 Å². The molecule has 0 fully saturated rings. The molecule has 0 saturated carbocycles. The Morgan fingerprint density at radius 1 is 1.25 bits per heavy atom. The molecule has 1 atom stereocenters. The summed E-state index contributed by atoms with van der Waals surface area (Å²) in [6, 6.07) is 11.2. The predicted octanol–water partition coefficient (Wildman–Crippen LogP) is 2.94.